The zero-order chi connectivity index (χ0) is 23.7. The van der Waals surface area contributed by atoms with E-state index in [1.54, 1.807) is 75.4 Å². The molecule has 2 aromatic rings. The lowest BCUT2D eigenvalue weighted by molar-refractivity contribution is -0.154. The SMILES string of the molecule is CC(OC(=O)CC(NC(=O)c1ccccc1)c1ccccc1)C(=O)NC(=O)NC(C)(C)C. The van der Waals surface area contributed by atoms with Gasteiger partial charge in [0.2, 0.25) is 0 Å². The normalized spacial score (nSPS) is 12.8. The van der Waals surface area contributed by atoms with E-state index >= 15 is 0 Å². The van der Waals surface area contributed by atoms with E-state index in [2.05, 4.69) is 16.0 Å². The monoisotopic (exact) mass is 439 g/mol. The number of hydrogen-bond donors (Lipinski definition) is 3. The third-order valence-corrected chi connectivity index (χ3v) is 4.32. The van der Waals surface area contributed by atoms with Gasteiger partial charge in [-0.15, -0.1) is 0 Å². The molecule has 8 nitrogen and oxygen atoms in total. The lowest BCUT2D eigenvalue weighted by Crippen LogP contribution is -2.50. The summed E-state index contributed by atoms with van der Waals surface area (Å²) in [6.45, 7) is 6.69. The predicted octanol–water partition coefficient (Wildman–Crippen LogP) is 3.10. The Labute approximate surface area is 187 Å². The standard InChI is InChI=1S/C24H29N3O5/c1-16(21(29)26-23(31)27-24(2,3)4)32-20(28)15-19(17-11-7-5-8-12-17)25-22(30)18-13-9-6-10-14-18/h5-14,16,19H,15H2,1-4H3,(H,25,30)(H2,26,27,29,31). The fraction of sp³-hybridized carbons (Fsp3) is 0.333. The fourth-order valence-corrected chi connectivity index (χ4v) is 2.82. The minimum atomic E-state index is -1.19. The Morgan fingerprint density at radius 1 is 0.906 bits per heavy atom. The van der Waals surface area contributed by atoms with Crippen molar-refractivity contribution in [3.63, 3.8) is 0 Å². The van der Waals surface area contributed by atoms with Crippen LogP contribution in [-0.4, -0.2) is 35.5 Å². The summed E-state index contributed by atoms with van der Waals surface area (Å²) in [5, 5.41) is 7.57. The number of rotatable bonds is 7. The van der Waals surface area contributed by atoms with Crippen LogP contribution in [0.5, 0.6) is 0 Å². The molecule has 170 valence electrons. The quantitative estimate of drug-likeness (QED) is 0.574. The second-order valence-electron chi connectivity index (χ2n) is 8.33. The van der Waals surface area contributed by atoms with Crippen LogP contribution in [0.25, 0.3) is 0 Å². The Morgan fingerprint density at radius 3 is 2.03 bits per heavy atom. The molecule has 4 amide bonds. The van der Waals surface area contributed by atoms with E-state index in [1.165, 1.54) is 6.92 Å². The fourth-order valence-electron chi connectivity index (χ4n) is 2.82. The summed E-state index contributed by atoms with van der Waals surface area (Å²) in [7, 11) is 0. The van der Waals surface area contributed by atoms with Crippen molar-refractivity contribution in [2.24, 2.45) is 0 Å². The van der Waals surface area contributed by atoms with Crippen LogP contribution in [0.15, 0.2) is 60.7 Å². The van der Waals surface area contributed by atoms with Crippen LogP contribution in [0.1, 0.15) is 56.1 Å². The van der Waals surface area contributed by atoms with Crippen LogP contribution in [-0.2, 0) is 14.3 Å². The summed E-state index contributed by atoms with van der Waals surface area (Å²) in [6.07, 6.45) is -1.37. The van der Waals surface area contributed by atoms with Gasteiger partial charge in [-0.2, -0.15) is 0 Å². The summed E-state index contributed by atoms with van der Waals surface area (Å²) >= 11 is 0. The molecule has 0 saturated carbocycles. The first-order valence-corrected chi connectivity index (χ1v) is 10.3. The van der Waals surface area contributed by atoms with Crippen LogP contribution in [0.3, 0.4) is 0 Å². The molecule has 2 rings (SSSR count). The molecular formula is C24H29N3O5. The van der Waals surface area contributed by atoms with Crippen LogP contribution in [0.2, 0.25) is 0 Å². The van der Waals surface area contributed by atoms with E-state index in [9.17, 15) is 19.2 Å². The van der Waals surface area contributed by atoms with Crippen LogP contribution in [0.4, 0.5) is 4.79 Å². The van der Waals surface area contributed by atoms with E-state index in [4.69, 9.17) is 4.74 Å². The Balaban J connectivity index is 2.01. The van der Waals surface area contributed by atoms with Gasteiger partial charge in [-0.3, -0.25) is 19.7 Å². The summed E-state index contributed by atoms with van der Waals surface area (Å²) in [4.78, 5) is 49.1. The number of carbonyl (C=O) groups excluding carboxylic acids is 4. The average Bonchev–Trinajstić information content (AvgIpc) is 2.73. The Morgan fingerprint density at radius 2 is 1.47 bits per heavy atom. The number of hydrogen-bond acceptors (Lipinski definition) is 5. The lowest BCUT2D eigenvalue weighted by atomic mass is 10.0. The van der Waals surface area contributed by atoms with E-state index in [0.717, 1.165) is 5.56 Å². The first kappa shape index (κ1) is 24.6. The molecule has 0 aliphatic rings. The van der Waals surface area contributed by atoms with Gasteiger partial charge < -0.3 is 15.4 Å². The summed E-state index contributed by atoms with van der Waals surface area (Å²) < 4.78 is 5.20. The number of imide groups is 1. The second-order valence-corrected chi connectivity index (χ2v) is 8.33. The molecule has 0 bridgehead atoms. The molecular weight excluding hydrogens is 410 g/mol. The van der Waals surface area contributed by atoms with Gasteiger partial charge in [-0.25, -0.2) is 4.79 Å². The molecule has 0 aliphatic heterocycles. The number of urea groups is 1. The van der Waals surface area contributed by atoms with Gasteiger partial charge in [-0.1, -0.05) is 48.5 Å². The van der Waals surface area contributed by atoms with Crippen molar-refractivity contribution in [3.8, 4) is 0 Å². The maximum Gasteiger partial charge on any atom is 0.321 e. The zero-order valence-corrected chi connectivity index (χ0v) is 18.7. The molecule has 3 N–H and O–H groups in total. The van der Waals surface area contributed by atoms with E-state index in [0.29, 0.717) is 5.56 Å². The van der Waals surface area contributed by atoms with Gasteiger partial charge in [-0.05, 0) is 45.4 Å². The van der Waals surface area contributed by atoms with E-state index in [-0.39, 0.29) is 12.3 Å². The third kappa shape index (κ3) is 8.22. The first-order valence-electron chi connectivity index (χ1n) is 10.3. The molecule has 0 spiro atoms. The zero-order valence-electron chi connectivity index (χ0n) is 18.7. The van der Waals surface area contributed by atoms with Crippen LogP contribution >= 0.6 is 0 Å². The number of benzene rings is 2. The Bertz CT molecular complexity index is 939. The number of esters is 1. The molecule has 0 radical (unpaired) electrons. The summed E-state index contributed by atoms with van der Waals surface area (Å²) in [5.41, 5.74) is 0.652. The highest BCUT2D eigenvalue weighted by Gasteiger charge is 2.25. The van der Waals surface area contributed by atoms with Crippen molar-refractivity contribution < 1.29 is 23.9 Å². The number of carbonyl (C=O) groups is 4. The highest BCUT2D eigenvalue weighted by Crippen LogP contribution is 2.18. The van der Waals surface area contributed by atoms with Crippen LogP contribution in [0, 0.1) is 0 Å². The van der Waals surface area contributed by atoms with Crippen molar-refractivity contribution in [1.82, 2.24) is 16.0 Å². The third-order valence-electron chi connectivity index (χ3n) is 4.32. The minimum Gasteiger partial charge on any atom is -0.452 e. The van der Waals surface area contributed by atoms with Gasteiger partial charge in [0.25, 0.3) is 11.8 Å². The highest BCUT2D eigenvalue weighted by atomic mass is 16.5. The van der Waals surface area contributed by atoms with E-state index < -0.39 is 35.6 Å². The van der Waals surface area contributed by atoms with Crippen LogP contribution < -0.4 is 16.0 Å². The van der Waals surface area contributed by atoms with Crippen molar-refractivity contribution in [2.45, 2.75) is 51.8 Å². The molecule has 0 aliphatic carbocycles. The van der Waals surface area contributed by atoms with Gasteiger partial charge >= 0.3 is 12.0 Å². The molecule has 2 atom stereocenters. The molecule has 0 aromatic heterocycles. The number of amides is 4. The highest BCUT2D eigenvalue weighted by molar-refractivity contribution is 5.97. The van der Waals surface area contributed by atoms with Gasteiger partial charge in [0.05, 0.1) is 12.5 Å². The maximum absolute atomic E-state index is 12.6. The molecule has 2 unspecified atom stereocenters. The first-order chi connectivity index (χ1) is 15.0. The molecule has 32 heavy (non-hydrogen) atoms. The predicted molar refractivity (Wildman–Crippen MR) is 120 cm³/mol. The smallest absolute Gasteiger partial charge is 0.321 e. The largest absolute Gasteiger partial charge is 0.452 e. The summed E-state index contributed by atoms with van der Waals surface area (Å²) in [5.74, 6) is -1.77. The molecule has 0 fully saturated rings. The average molecular weight is 440 g/mol. The molecule has 0 saturated heterocycles. The molecule has 8 heteroatoms. The van der Waals surface area contributed by atoms with E-state index in [1.807, 2.05) is 6.07 Å². The topological polar surface area (TPSA) is 114 Å². The van der Waals surface area contributed by atoms with Crippen molar-refractivity contribution in [1.29, 1.82) is 0 Å². The summed E-state index contributed by atoms with van der Waals surface area (Å²) in [6, 6.07) is 16.3. The Kier molecular flexibility index (Phi) is 8.52. The second kappa shape index (κ2) is 11.1. The van der Waals surface area contributed by atoms with Crippen molar-refractivity contribution >= 4 is 23.8 Å². The molecule has 0 heterocycles. The minimum absolute atomic E-state index is 0.186. The van der Waals surface area contributed by atoms with Gasteiger partial charge in [0.1, 0.15) is 0 Å². The molecule has 2 aromatic carbocycles. The number of nitrogens with one attached hydrogen (secondary N) is 3. The lowest BCUT2D eigenvalue weighted by Gasteiger charge is -2.22. The maximum atomic E-state index is 12.6. The number of ether oxygens (including phenoxy) is 1. The van der Waals surface area contributed by atoms with Crippen molar-refractivity contribution in [3.05, 3.63) is 71.8 Å². The van der Waals surface area contributed by atoms with Gasteiger partial charge in [0, 0.05) is 11.1 Å². The van der Waals surface area contributed by atoms with Gasteiger partial charge in [0.15, 0.2) is 6.10 Å². The Hall–Kier alpha value is -3.68. The van der Waals surface area contributed by atoms with Crippen molar-refractivity contribution in [2.75, 3.05) is 0 Å².